The summed E-state index contributed by atoms with van der Waals surface area (Å²) >= 11 is 1.38. The van der Waals surface area contributed by atoms with Crippen LogP contribution in [-0.4, -0.2) is 49.2 Å². The summed E-state index contributed by atoms with van der Waals surface area (Å²) in [6, 6.07) is 20.7. The molecular formula is C24H26N4O3S. The number of rotatable bonds is 7. The number of benzene rings is 2. The predicted octanol–water partition coefficient (Wildman–Crippen LogP) is 4.02. The number of urea groups is 1. The predicted molar refractivity (Wildman–Crippen MR) is 127 cm³/mol. The van der Waals surface area contributed by atoms with Crippen LogP contribution < -0.4 is 16.0 Å². The third-order valence-electron chi connectivity index (χ3n) is 5.09. The Morgan fingerprint density at radius 3 is 2.59 bits per heavy atom. The topological polar surface area (TPSA) is 82.7 Å². The van der Waals surface area contributed by atoms with Crippen LogP contribution in [0.15, 0.2) is 72.1 Å². The van der Waals surface area contributed by atoms with E-state index in [1.165, 1.54) is 16.9 Å². The SMILES string of the molecule is O=C(NCC1CN(Cc2ccccc2)CCO1)Nc1cccc(NC(=O)c2cccs2)c1. The zero-order chi connectivity index (χ0) is 22.2. The largest absolute Gasteiger partial charge is 0.374 e. The molecule has 166 valence electrons. The van der Waals surface area contributed by atoms with E-state index >= 15 is 0 Å². The molecule has 7 nitrogen and oxygen atoms in total. The van der Waals surface area contributed by atoms with Gasteiger partial charge in [0.2, 0.25) is 0 Å². The van der Waals surface area contributed by atoms with Gasteiger partial charge in [0.15, 0.2) is 0 Å². The van der Waals surface area contributed by atoms with Crippen molar-refractivity contribution in [1.82, 2.24) is 10.2 Å². The molecule has 3 N–H and O–H groups in total. The van der Waals surface area contributed by atoms with Crippen LogP contribution in [0.1, 0.15) is 15.2 Å². The molecule has 4 rings (SSSR count). The first-order chi connectivity index (χ1) is 15.7. The van der Waals surface area contributed by atoms with Crippen molar-refractivity contribution in [2.24, 2.45) is 0 Å². The number of morpholine rings is 1. The molecule has 1 fully saturated rings. The molecule has 0 bridgehead atoms. The van der Waals surface area contributed by atoms with Gasteiger partial charge in [0.1, 0.15) is 0 Å². The normalized spacial score (nSPS) is 16.3. The molecule has 1 atom stereocenters. The minimum atomic E-state index is -0.310. The van der Waals surface area contributed by atoms with Gasteiger partial charge in [-0.1, -0.05) is 42.5 Å². The second-order valence-corrected chi connectivity index (χ2v) is 8.51. The molecular weight excluding hydrogens is 424 g/mol. The van der Waals surface area contributed by atoms with Crippen LogP contribution in [0, 0.1) is 0 Å². The van der Waals surface area contributed by atoms with Gasteiger partial charge in [-0.15, -0.1) is 11.3 Å². The molecule has 2 aromatic carbocycles. The molecule has 1 unspecified atom stereocenters. The number of nitrogens with zero attached hydrogens (tertiary/aromatic N) is 1. The summed E-state index contributed by atoms with van der Waals surface area (Å²) < 4.78 is 5.81. The lowest BCUT2D eigenvalue weighted by Gasteiger charge is -2.33. The molecule has 3 amide bonds. The van der Waals surface area contributed by atoms with Crippen molar-refractivity contribution >= 4 is 34.6 Å². The van der Waals surface area contributed by atoms with Crippen molar-refractivity contribution in [1.29, 1.82) is 0 Å². The number of carbonyl (C=O) groups is 2. The molecule has 0 spiro atoms. The minimum absolute atomic E-state index is 0.0605. The smallest absolute Gasteiger partial charge is 0.319 e. The molecule has 0 saturated carbocycles. The van der Waals surface area contributed by atoms with Crippen molar-refractivity contribution in [2.75, 3.05) is 36.9 Å². The number of hydrogen-bond donors (Lipinski definition) is 3. The van der Waals surface area contributed by atoms with E-state index in [1.807, 2.05) is 29.6 Å². The van der Waals surface area contributed by atoms with Crippen LogP contribution in [0.5, 0.6) is 0 Å². The monoisotopic (exact) mass is 450 g/mol. The van der Waals surface area contributed by atoms with E-state index in [2.05, 4.69) is 33.0 Å². The molecule has 2 heterocycles. The van der Waals surface area contributed by atoms with E-state index in [4.69, 9.17) is 4.74 Å². The summed E-state index contributed by atoms with van der Waals surface area (Å²) in [6.45, 7) is 3.58. The zero-order valence-electron chi connectivity index (χ0n) is 17.6. The lowest BCUT2D eigenvalue weighted by atomic mass is 10.2. The third-order valence-corrected chi connectivity index (χ3v) is 5.95. The fourth-order valence-electron chi connectivity index (χ4n) is 3.55. The van der Waals surface area contributed by atoms with E-state index in [-0.39, 0.29) is 18.0 Å². The maximum Gasteiger partial charge on any atom is 0.319 e. The Kier molecular flexibility index (Phi) is 7.50. The number of carbonyl (C=O) groups excluding carboxylic acids is 2. The average Bonchev–Trinajstić information content (AvgIpc) is 3.34. The summed E-state index contributed by atoms with van der Waals surface area (Å²) in [4.78, 5) is 27.6. The Balaban J connectivity index is 1.23. The number of amides is 3. The first-order valence-electron chi connectivity index (χ1n) is 10.5. The summed E-state index contributed by atoms with van der Waals surface area (Å²) in [6.07, 6.45) is -0.0605. The van der Waals surface area contributed by atoms with Crippen LogP contribution in [0.25, 0.3) is 0 Å². The lowest BCUT2D eigenvalue weighted by molar-refractivity contribution is -0.0285. The highest BCUT2D eigenvalue weighted by atomic mass is 32.1. The Labute approximate surface area is 191 Å². The molecule has 3 aromatic rings. The Morgan fingerprint density at radius 1 is 1.00 bits per heavy atom. The molecule has 1 saturated heterocycles. The molecule has 0 radical (unpaired) electrons. The second-order valence-electron chi connectivity index (χ2n) is 7.56. The van der Waals surface area contributed by atoms with Crippen LogP contribution >= 0.6 is 11.3 Å². The Morgan fingerprint density at radius 2 is 1.81 bits per heavy atom. The Bertz CT molecular complexity index is 1030. The van der Waals surface area contributed by atoms with E-state index in [1.54, 1.807) is 30.3 Å². The highest BCUT2D eigenvalue weighted by Crippen LogP contribution is 2.17. The molecule has 32 heavy (non-hydrogen) atoms. The molecule has 0 aliphatic carbocycles. The van der Waals surface area contributed by atoms with Crippen molar-refractivity contribution in [3.05, 3.63) is 82.6 Å². The van der Waals surface area contributed by atoms with Gasteiger partial charge in [-0.05, 0) is 35.2 Å². The van der Waals surface area contributed by atoms with Gasteiger partial charge >= 0.3 is 6.03 Å². The first kappa shape index (κ1) is 22.0. The number of hydrogen-bond acceptors (Lipinski definition) is 5. The van der Waals surface area contributed by atoms with Gasteiger partial charge in [0.25, 0.3) is 5.91 Å². The standard InChI is InChI=1S/C24H26N4O3S/c29-23(22-10-5-13-32-22)26-19-8-4-9-20(14-19)27-24(30)25-15-21-17-28(11-12-31-21)16-18-6-2-1-3-7-18/h1-10,13-14,21H,11-12,15-17H2,(H,26,29)(H2,25,27,30). The van der Waals surface area contributed by atoms with Gasteiger partial charge in [-0.3, -0.25) is 9.69 Å². The molecule has 1 aliphatic rings. The van der Waals surface area contributed by atoms with Crippen molar-refractivity contribution in [3.8, 4) is 0 Å². The van der Waals surface area contributed by atoms with Crippen molar-refractivity contribution in [2.45, 2.75) is 12.6 Å². The van der Waals surface area contributed by atoms with Gasteiger partial charge in [0.05, 0.1) is 17.6 Å². The fraction of sp³-hybridized carbons (Fsp3) is 0.250. The summed E-state index contributed by atoms with van der Waals surface area (Å²) in [5, 5.41) is 10.4. The van der Waals surface area contributed by atoms with Crippen LogP contribution in [0.3, 0.4) is 0 Å². The first-order valence-corrected chi connectivity index (χ1v) is 11.4. The van der Waals surface area contributed by atoms with E-state index < -0.39 is 0 Å². The highest BCUT2D eigenvalue weighted by molar-refractivity contribution is 7.12. The number of anilines is 2. The molecule has 1 aliphatic heterocycles. The Hall–Kier alpha value is -3.20. The van der Waals surface area contributed by atoms with E-state index in [9.17, 15) is 9.59 Å². The van der Waals surface area contributed by atoms with Crippen LogP contribution in [0.2, 0.25) is 0 Å². The zero-order valence-corrected chi connectivity index (χ0v) is 18.4. The average molecular weight is 451 g/mol. The van der Waals surface area contributed by atoms with Gasteiger partial charge < -0.3 is 20.7 Å². The quantitative estimate of drug-likeness (QED) is 0.508. The summed E-state index contributed by atoms with van der Waals surface area (Å²) in [5.41, 5.74) is 2.49. The van der Waals surface area contributed by atoms with Gasteiger partial charge in [-0.2, -0.15) is 0 Å². The number of ether oxygens (including phenoxy) is 1. The molecule has 1 aromatic heterocycles. The van der Waals surface area contributed by atoms with Crippen LogP contribution in [0.4, 0.5) is 16.2 Å². The van der Waals surface area contributed by atoms with Crippen molar-refractivity contribution < 1.29 is 14.3 Å². The van der Waals surface area contributed by atoms with Gasteiger partial charge in [0, 0.05) is 37.6 Å². The summed E-state index contributed by atoms with van der Waals surface area (Å²) in [5.74, 6) is -0.170. The second kappa shape index (κ2) is 10.9. The highest BCUT2D eigenvalue weighted by Gasteiger charge is 2.21. The van der Waals surface area contributed by atoms with Gasteiger partial charge in [-0.25, -0.2) is 4.79 Å². The fourth-order valence-corrected chi connectivity index (χ4v) is 4.17. The number of nitrogens with one attached hydrogen (secondary N) is 3. The number of thiophene rings is 1. The third kappa shape index (κ3) is 6.40. The molecule has 8 heteroatoms. The van der Waals surface area contributed by atoms with E-state index in [0.717, 1.165) is 19.6 Å². The lowest BCUT2D eigenvalue weighted by Crippen LogP contribution is -2.47. The minimum Gasteiger partial charge on any atom is -0.374 e. The van der Waals surface area contributed by atoms with Crippen LogP contribution in [-0.2, 0) is 11.3 Å². The summed E-state index contributed by atoms with van der Waals surface area (Å²) in [7, 11) is 0. The maximum atomic E-state index is 12.4. The van der Waals surface area contributed by atoms with E-state index in [0.29, 0.717) is 29.4 Å². The van der Waals surface area contributed by atoms with Crippen molar-refractivity contribution in [3.63, 3.8) is 0 Å². The maximum absolute atomic E-state index is 12.4.